The third-order valence-corrected chi connectivity index (χ3v) is 3.87. The zero-order chi connectivity index (χ0) is 15.2. The van der Waals surface area contributed by atoms with E-state index < -0.39 is 5.92 Å². The standard InChI is InChI=1S/C14H14ClF2N3O/c1-7-3-10-11(18-8(7)2)19-13(15)20-12(10)21-6-9-4-14(16,17)5-9/h3,9H,4-6H2,1-2H3. The Kier molecular flexibility index (Phi) is 3.43. The molecule has 0 aliphatic heterocycles. The van der Waals surface area contributed by atoms with Gasteiger partial charge in [-0.05, 0) is 37.1 Å². The molecule has 0 radical (unpaired) electrons. The Balaban J connectivity index is 1.85. The molecule has 2 aromatic heterocycles. The Morgan fingerprint density at radius 2 is 2.00 bits per heavy atom. The fraction of sp³-hybridized carbons (Fsp3) is 0.500. The molecule has 3 rings (SSSR count). The minimum atomic E-state index is -2.55. The summed E-state index contributed by atoms with van der Waals surface area (Å²) in [7, 11) is 0. The molecule has 0 N–H and O–H groups in total. The number of aryl methyl sites for hydroxylation is 2. The van der Waals surface area contributed by atoms with Crippen molar-refractivity contribution >= 4 is 22.6 Å². The number of pyridine rings is 1. The lowest BCUT2D eigenvalue weighted by Gasteiger charge is -2.34. The number of alkyl halides is 2. The molecule has 0 aromatic carbocycles. The van der Waals surface area contributed by atoms with Crippen LogP contribution in [0.15, 0.2) is 6.07 Å². The second-order valence-corrected chi connectivity index (χ2v) is 5.84. The van der Waals surface area contributed by atoms with Gasteiger partial charge in [0.2, 0.25) is 17.1 Å². The van der Waals surface area contributed by atoms with Crippen molar-refractivity contribution in [1.82, 2.24) is 15.0 Å². The maximum absolute atomic E-state index is 12.8. The van der Waals surface area contributed by atoms with E-state index in [2.05, 4.69) is 15.0 Å². The van der Waals surface area contributed by atoms with Gasteiger partial charge in [-0.15, -0.1) is 0 Å². The summed E-state index contributed by atoms with van der Waals surface area (Å²) < 4.78 is 31.2. The van der Waals surface area contributed by atoms with E-state index in [4.69, 9.17) is 16.3 Å². The fourth-order valence-electron chi connectivity index (χ4n) is 2.40. The molecule has 112 valence electrons. The molecule has 1 fully saturated rings. The van der Waals surface area contributed by atoms with E-state index in [-0.39, 0.29) is 30.7 Å². The third kappa shape index (κ3) is 2.90. The number of fused-ring (bicyclic) bond motifs is 1. The van der Waals surface area contributed by atoms with Gasteiger partial charge in [-0.2, -0.15) is 9.97 Å². The van der Waals surface area contributed by atoms with Gasteiger partial charge in [0.25, 0.3) is 0 Å². The van der Waals surface area contributed by atoms with Crippen LogP contribution in [-0.4, -0.2) is 27.5 Å². The topological polar surface area (TPSA) is 47.9 Å². The average molecular weight is 314 g/mol. The van der Waals surface area contributed by atoms with Crippen LogP contribution in [0.5, 0.6) is 5.88 Å². The second-order valence-electron chi connectivity index (χ2n) is 5.50. The van der Waals surface area contributed by atoms with Gasteiger partial charge >= 0.3 is 0 Å². The minimum Gasteiger partial charge on any atom is -0.477 e. The molecular weight excluding hydrogens is 300 g/mol. The van der Waals surface area contributed by atoms with E-state index in [9.17, 15) is 8.78 Å². The number of nitrogens with zero attached hydrogens (tertiary/aromatic N) is 3. The molecule has 0 spiro atoms. The van der Waals surface area contributed by atoms with E-state index in [1.54, 1.807) is 0 Å². The monoisotopic (exact) mass is 313 g/mol. The van der Waals surface area contributed by atoms with Crippen LogP contribution in [0.3, 0.4) is 0 Å². The number of halogens is 3. The van der Waals surface area contributed by atoms with E-state index >= 15 is 0 Å². The lowest BCUT2D eigenvalue weighted by molar-refractivity contribution is -0.119. The fourth-order valence-corrected chi connectivity index (χ4v) is 2.56. The highest BCUT2D eigenvalue weighted by atomic mass is 35.5. The van der Waals surface area contributed by atoms with E-state index in [0.717, 1.165) is 11.3 Å². The van der Waals surface area contributed by atoms with Crippen LogP contribution in [-0.2, 0) is 0 Å². The summed E-state index contributed by atoms with van der Waals surface area (Å²) in [6.45, 7) is 4.00. The summed E-state index contributed by atoms with van der Waals surface area (Å²) in [6, 6.07) is 1.87. The third-order valence-electron chi connectivity index (χ3n) is 3.70. The van der Waals surface area contributed by atoms with Crippen LogP contribution >= 0.6 is 11.6 Å². The Hall–Kier alpha value is -1.56. The zero-order valence-corrected chi connectivity index (χ0v) is 12.4. The zero-order valence-electron chi connectivity index (χ0n) is 11.7. The number of rotatable bonds is 3. The van der Waals surface area contributed by atoms with Gasteiger partial charge in [-0.25, -0.2) is 13.8 Å². The van der Waals surface area contributed by atoms with Crippen molar-refractivity contribution < 1.29 is 13.5 Å². The highest BCUT2D eigenvalue weighted by molar-refractivity contribution is 6.28. The first-order valence-electron chi connectivity index (χ1n) is 6.66. The molecule has 4 nitrogen and oxygen atoms in total. The van der Waals surface area contributed by atoms with E-state index in [0.29, 0.717) is 16.9 Å². The van der Waals surface area contributed by atoms with Crippen molar-refractivity contribution in [2.24, 2.45) is 5.92 Å². The van der Waals surface area contributed by atoms with Crippen molar-refractivity contribution in [1.29, 1.82) is 0 Å². The Bertz CT molecular complexity index is 700. The summed E-state index contributed by atoms with van der Waals surface area (Å²) in [5.74, 6) is -2.40. The van der Waals surface area contributed by atoms with Crippen LogP contribution in [0.4, 0.5) is 8.78 Å². The van der Waals surface area contributed by atoms with Crippen molar-refractivity contribution in [3.8, 4) is 5.88 Å². The molecule has 0 saturated heterocycles. The number of hydrogen-bond acceptors (Lipinski definition) is 4. The van der Waals surface area contributed by atoms with E-state index in [1.165, 1.54) is 0 Å². The molecule has 0 amide bonds. The van der Waals surface area contributed by atoms with Crippen LogP contribution in [0.1, 0.15) is 24.1 Å². The smallest absolute Gasteiger partial charge is 0.248 e. The van der Waals surface area contributed by atoms with Gasteiger partial charge in [-0.1, -0.05) is 0 Å². The average Bonchev–Trinajstić information content (AvgIpc) is 2.35. The van der Waals surface area contributed by atoms with Crippen molar-refractivity contribution in [2.45, 2.75) is 32.6 Å². The molecule has 2 heterocycles. The SMILES string of the molecule is Cc1cc2c(OCC3CC(F)(F)C3)nc(Cl)nc2nc1C. The molecule has 1 saturated carbocycles. The quantitative estimate of drug-likeness (QED) is 0.810. The largest absolute Gasteiger partial charge is 0.477 e. The summed E-state index contributed by atoms with van der Waals surface area (Å²) in [5, 5.41) is 0.681. The summed E-state index contributed by atoms with van der Waals surface area (Å²) in [5.41, 5.74) is 2.28. The molecule has 1 aliphatic carbocycles. The lowest BCUT2D eigenvalue weighted by Crippen LogP contribution is -2.38. The van der Waals surface area contributed by atoms with Gasteiger partial charge < -0.3 is 4.74 Å². The maximum Gasteiger partial charge on any atom is 0.248 e. The van der Waals surface area contributed by atoms with Gasteiger partial charge in [0.1, 0.15) is 0 Å². The van der Waals surface area contributed by atoms with Gasteiger partial charge in [0.05, 0.1) is 12.0 Å². The molecular formula is C14H14ClF2N3O. The Morgan fingerprint density at radius 3 is 2.67 bits per heavy atom. The Labute approximate surface area is 125 Å². The minimum absolute atomic E-state index is 0.0344. The summed E-state index contributed by atoms with van der Waals surface area (Å²) >= 11 is 5.86. The molecule has 1 aliphatic rings. The Morgan fingerprint density at radius 1 is 1.29 bits per heavy atom. The number of hydrogen-bond donors (Lipinski definition) is 0. The normalized spacial score (nSPS) is 17.8. The first-order valence-corrected chi connectivity index (χ1v) is 7.04. The van der Waals surface area contributed by atoms with Gasteiger partial charge in [0, 0.05) is 24.5 Å². The van der Waals surface area contributed by atoms with E-state index in [1.807, 2.05) is 19.9 Å². The first-order chi connectivity index (χ1) is 9.84. The molecule has 0 bridgehead atoms. The summed E-state index contributed by atoms with van der Waals surface area (Å²) in [6.07, 6.45) is -0.278. The molecule has 0 unspecified atom stereocenters. The molecule has 21 heavy (non-hydrogen) atoms. The predicted molar refractivity (Wildman–Crippen MR) is 75.0 cm³/mol. The van der Waals surface area contributed by atoms with Crippen molar-refractivity contribution in [3.63, 3.8) is 0 Å². The highest BCUT2D eigenvalue weighted by Gasteiger charge is 2.45. The van der Waals surface area contributed by atoms with Crippen molar-refractivity contribution in [2.75, 3.05) is 6.61 Å². The van der Waals surface area contributed by atoms with Crippen LogP contribution in [0, 0.1) is 19.8 Å². The molecule has 0 atom stereocenters. The van der Waals surface area contributed by atoms with Gasteiger partial charge in [0.15, 0.2) is 5.65 Å². The van der Waals surface area contributed by atoms with Gasteiger partial charge in [-0.3, -0.25) is 0 Å². The number of ether oxygens (including phenoxy) is 1. The molecule has 7 heteroatoms. The highest BCUT2D eigenvalue weighted by Crippen LogP contribution is 2.42. The van der Waals surface area contributed by atoms with Crippen LogP contribution in [0.25, 0.3) is 11.0 Å². The first kappa shape index (κ1) is 14.4. The van der Waals surface area contributed by atoms with Crippen LogP contribution < -0.4 is 4.74 Å². The maximum atomic E-state index is 12.8. The lowest BCUT2D eigenvalue weighted by atomic mass is 9.82. The second kappa shape index (κ2) is 5.02. The number of aromatic nitrogens is 3. The summed E-state index contributed by atoms with van der Waals surface area (Å²) in [4.78, 5) is 12.5. The molecule has 2 aromatic rings. The van der Waals surface area contributed by atoms with Crippen LogP contribution in [0.2, 0.25) is 5.28 Å². The van der Waals surface area contributed by atoms with Crippen molar-refractivity contribution in [3.05, 3.63) is 22.6 Å². The predicted octanol–water partition coefficient (Wildman–Crippen LogP) is 3.72.